The standard InChI is InChI=1S/C21H24F2N4O2/c22-17-7-4-8-18(23)21(17)25-20(29)15-27-11-9-26(10-12-27)14-19(28)24-13-16-5-2-1-3-6-16/h1-8H,9-15H2,(H,24,28)(H,25,29). The molecule has 0 bridgehead atoms. The molecule has 1 fully saturated rings. The van der Waals surface area contributed by atoms with Crippen molar-refractivity contribution >= 4 is 17.5 Å². The number of piperazine rings is 1. The van der Waals surface area contributed by atoms with E-state index in [4.69, 9.17) is 0 Å². The lowest BCUT2D eigenvalue weighted by atomic mass is 10.2. The zero-order valence-electron chi connectivity index (χ0n) is 16.0. The van der Waals surface area contributed by atoms with Crippen molar-refractivity contribution in [3.05, 3.63) is 65.7 Å². The van der Waals surface area contributed by atoms with Gasteiger partial charge in [-0.1, -0.05) is 36.4 Å². The second kappa shape index (κ2) is 10.1. The number of nitrogens with zero attached hydrogens (tertiary/aromatic N) is 2. The van der Waals surface area contributed by atoms with Crippen LogP contribution in [0.25, 0.3) is 0 Å². The predicted octanol–water partition coefficient (Wildman–Crippen LogP) is 1.84. The van der Waals surface area contributed by atoms with E-state index in [2.05, 4.69) is 10.6 Å². The van der Waals surface area contributed by atoms with Gasteiger partial charge in [-0.05, 0) is 17.7 Å². The van der Waals surface area contributed by atoms with Crippen LogP contribution in [0.15, 0.2) is 48.5 Å². The first-order valence-electron chi connectivity index (χ1n) is 9.50. The SMILES string of the molecule is O=C(CN1CCN(CC(=O)Nc2c(F)cccc2F)CC1)NCc1ccccc1. The summed E-state index contributed by atoms with van der Waals surface area (Å²) in [5.41, 5.74) is 0.620. The minimum absolute atomic E-state index is 0.0435. The Hall–Kier alpha value is -2.84. The molecule has 1 heterocycles. The van der Waals surface area contributed by atoms with Gasteiger partial charge in [0.2, 0.25) is 11.8 Å². The normalized spacial score (nSPS) is 15.1. The van der Waals surface area contributed by atoms with Crippen LogP contribution in [0.3, 0.4) is 0 Å². The second-order valence-electron chi connectivity index (χ2n) is 6.96. The molecule has 2 N–H and O–H groups in total. The van der Waals surface area contributed by atoms with Gasteiger partial charge in [0.05, 0.1) is 13.1 Å². The highest BCUT2D eigenvalue weighted by Gasteiger charge is 2.21. The highest BCUT2D eigenvalue weighted by Crippen LogP contribution is 2.17. The smallest absolute Gasteiger partial charge is 0.238 e. The molecular formula is C21H24F2N4O2. The Morgan fingerprint density at radius 1 is 0.793 bits per heavy atom. The number of rotatable bonds is 7. The van der Waals surface area contributed by atoms with Crippen molar-refractivity contribution < 1.29 is 18.4 Å². The van der Waals surface area contributed by atoms with Crippen molar-refractivity contribution in [1.29, 1.82) is 0 Å². The summed E-state index contributed by atoms with van der Waals surface area (Å²) in [7, 11) is 0. The number of nitrogens with one attached hydrogen (secondary N) is 2. The fourth-order valence-corrected chi connectivity index (χ4v) is 3.16. The maximum atomic E-state index is 13.6. The van der Waals surface area contributed by atoms with Gasteiger partial charge < -0.3 is 10.6 Å². The summed E-state index contributed by atoms with van der Waals surface area (Å²) in [4.78, 5) is 28.1. The van der Waals surface area contributed by atoms with E-state index < -0.39 is 23.2 Å². The Morgan fingerprint density at radius 2 is 1.34 bits per heavy atom. The molecule has 29 heavy (non-hydrogen) atoms. The van der Waals surface area contributed by atoms with Gasteiger partial charge in [0.1, 0.15) is 17.3 Å². The van der Waals surface area contributed by atoms with Crippen LogP contribution < -0.4 is 10.6 Å². The molecule has 8 heteroatoms. The topological polar surface area (TPSA) is 64.7 Å². The van der Waals surface area contributed by atoms with Crippen LogP contribution in [0, 0.1) is 11.6 Å². The van der Waals surface area contributed by atoms with Gasteiger partial charge in [-0.15, -0.1) is 0 Å². The molecule has 6 nitrogen and oxygen atoms in total. The summed E-state index contributed by atoms with van der Waals surface area (Å²) in [6.45, 7) is 3.31. The molecule has 0 unspecified atom stereocenters. The van der Waals surface area contributed by atoms with Gasteiger partial charge in [0.25, 0.3) is 0 Å². The number of hydrogen-bond donors (Lipinski definition) is 2. The maximum absolute atomic E-state index is 13.6. The first-order chi connectivity index (χ1) is 14.0. The molecule has 0 atom stereocenters. The van der Waals surface area contributed by atoms with Gasteiger partial charge in [-0.3, -0.25) is 19.4 Å². The van der Waals surface area contributed by atoms with Crippen LogP contribution in [0.1, 0.15) is 5.56 Å². The van der Waals surface area contributed by atoms with Crippen molar-refractivity contribution in [3.63, 3.8) is 0 Å². The Kier molecular flexibility index (Phi) is 7.26. The molecule has 2 amide bonds. The van der Waals surface area contributed by atoms with Crippen LogP contribution >= 0.6 is 0 Å². The van der Waals surface area contributed by atoms with Gasteiger partial charge in [-0.25, -0.2) is 8.78 Å². The number of carbonyl (C=O) groups excluding carboxylic acids is 2. The Bertz CT molecular complexity index is 820. The summed E-state index contributed by atoms with van der Waals surface area (Å²) in [5.74, 6) is -2.12. The van der Waals surface area contributed by atoms with E-state index in [0.717, 1.165) is 17.7 Å². The van der Waals surface area contributed by atoms with Gasteiger partial charge in [-0.2, -0.15) is 0 Å². The lowest BCUT2D eigenvalue weighted by molar-refractivity contribution is -0.123. The Balaban J connectivity index is 1.37. The highest BCUT2D eigenvalue weighted by molar-refractivity contribution is 5.92. The molecule has 0 aromatic heterocycles. The Morgan fingerprint density at radius 3 is 1.93 bits per heavy atom. The van der Waals surface area contributed by atoms with Crippen molar-refractivity contribution in [1.82, 2.24) is 15.1 Å². The molecular weight excluding hydrogens is 378 g/mol. The number of halogens is 2. The zero-order chi connectivity index (χ0) is 20.6. The second-order valence-corrected chi connectivity index (χ2v) is 6.96. The van der Waals surface area contributed by atoms with Crippen molar-refractivity contribution in [3.8, 4) is 0 Å². The fourth-order valence-electron chi connectivity index (χ4n) is 3.16. The summed E-state index contributed by atoms with van der Waals surface area (Å²) in [5, 5.41) is 5.19. The third kappa shape index (κ3) is 6.33. The van der Waals surface area contributed by atoms with Crippen LogP contribution in [0.5, 0.6) is 0 Å². The zero-order valence-corrected chi connectivity index (χ0v) is 16.0. The molecule has 2 aromatic rings. The van der Waals surface area contributed by atoms with Gasteiger partial charge in [0.15, 0.2) is 0 Å². The predicted molar refractivity (Wildman–Crippen MR) is 106 cm³/mol. The first-order valence-corrected chi connectivity index (χ1v) is 9.50. The van der Waals surface area contributed by atoms with Crippen molar-refractivity contribution in [2.45, 2.75) is 6.54 Å². The number of anilines is 1. The molecule has 1 aliphatic rings. The lowest BCUT2D eigenvalue weighted by Crippen LogP contribution is -2.51. The summed E-state index contributed by atoms with van der Waals surface area (Å²) >= 11 is 0. The van der Waals surface area contributed by atoms with E-state index in [1.54, 1.807) is 0 Å². The summed E-state index contributed by atoms with van der Waals surface area (Å²) in [6, 6.07) is 13.1. The third-order valence-electron chi connectivity index (χ3n) is 4.76. The number of carbonyl (C=O) groups is 2. The molecule has 1 saturated heterocycles. The molecule has 0 radical (unpaired) electrons. The van der Waals surface area contributed by atoms with Crippen LogP contribution in [0.4, 0.5) is 14.5 Å². The Labute approximate surface area is 168 Å². The van der Waals surface area contributed by atoms with Crippen LogP contribution in [-0.4, -0.2) is 60.9 Å². The van der Waals surface area contributed by atoms with Crippen LogP contribution in [0.2, 0.25) is 0 Å². The molecule has 0 aliphatic carbocycles. The van der Waals surface area contributed by atoms with E-state index in [-0.39, 0.29) is 12.5 Å². The largest absolute Gasteiger partial charge is 0.351 e. The van der Waals surface area contributed by atoms with E-state index in [0.29, 0.717) is 39.3 Å². The molecule has 1 aliphatic heterocycles. The van der Waals surface area contributed by atoms with E-state index in [1.807, 2.05) is 40.1 Å². The van der Waals surface area contributed by atoms with Gasteiger partial charge in [0, 0.05) is 32.7 Å². The van der Waals surface area contributed by atoms with Gasteiger partial charge >= 0.3 is 0 Å². The molecule has 3 rings (SSSR count). The minimum atomic E-state index is -0.801. The highest BCUT2D eigenvalue weighted by atomic mass is 19.1. The number of para-hydroxylation sites is 1. The van der Waals surface area contributed by atoms with E-state index in [1.165, 1.54) is 6.07 Å². The van der Waals surface area contributed by atoms with Crippen molar-refractivity contribution in [2.24, 2.45) is 0 Å². The lowest BCUT2D eigenvalue weighted by Gasteiger charge is -2.33. The monoisotopic (exact) mass is 402 g/mol. The summed E-state index contributed by atoms with van der Waals surface area (Å²) < 4.78 is 27.2. The van der Waals surface area contributed by atoms with E-state index >= 15 is 0 Å². The van der Waals surface area contributed by atoms with Crippen LogP contribution in [-0.2, 0) is 16.1 Å². The molecule has 0 spiro atoms. The van der Waals surface area contributed by atoms with E-state index in [9.17, 15) is 18.4 Å². The summed E-state index contributed by atoms with van der Waals surface area (Å²) in [6.07, 6.45) is 0. The fraction of sp³-hybridized carbons (Fsp3) is 0.333. The van der Waals surface area contributed by atoms with Crippen molar-refractivity contribution in [2.75, 3.05) is 44.6 Å². The quantitative estimate of drug-likeness (QED) is 0.742. The third-order valence-corrected chi connectivity index (χ3v) is 4.76. The maximum Gasteiger partial charge on any atom is 0.238 e. The number of amides is 2. The molecule has 2 aromatic carbocycles. The molecule has 154 valence electrons. The molecule has 0 saturated carbocycles. The number of hydrogen-bond acceptors (Lipinski definition) is 4. The first kappa shape index (κ1) is 20.9. The average Bonchev–Trinajstić information content (AvgIpc) is 2.72. The minimum Gasteiger partial charge on any atom is -0.351 e. The average molecular weight is 402 g/mol. The number of benzene rings is 2.